The molecular formula is C17H14Cl4N2O2. The van der Waals surface area contributed by atoms with Crippen molar-refractivity contribution in [3.8, 4) is 0 Å². The van der Waals surface area contributed by atoms with Crippen molar-refractivity contribution in [2.24, 2.45) is 0 Å². The summed E-state index contributed by atoms with van der Waals surface area (Å²) < 4.78 is -1.98. The molecule has 4 nitrogen and oxygen atoms in total. The molecule has 8 heteroatoms. The number of carbonyl (C=O) groups excluding carboxylic acids is 2. The van der Waals surface area contributed by atoms with E-state index in [4.69, 9.17) is 46.4 Å². The van der Waals surface area contributed by atoms with Crippen molar-refractivity contribution in [1.82, 2.24) is 5.32 Å². The van der Waals surface area contributed by atoms with Crippen LogP contribution in [0.3, 0.4) is 0 Å². The van der Waals surface area contributed by atoms with Crippen LogP contribution in [0.5, 0.6) is 0 Å². The quantitative estimate of drug-likeness (QED) is 0.577. The summed E-state index contributed by atoms with van der Waals surface area (Å²) in [6.07, 6.45) is -1.25. The molecule has 2 rings (SSSR count). The van der Waals surface area contributed by atoms with E-state index in [9.17, 15) is 9.59 Å². The first-order valence-electron chi connectivity index (χ1n) is 7.20. The lowest BCUT2D eigenvalue weighted by Gasteiger charge is -2.36. The van der Waals surface area contributed by atoms with Gasteiger partial charge < -0.3 is 5.32 Å². The molecule has 0 aliphatic carbocycles. The maximum Gasteiger partial charge on any atom is 0.253 e. The smallest absolute Gasteiger partial charge is 0.253 e. The van der Waals surface area contributed by atoms with Gasteiger partial charge in [-0.3, -0.25) is 14.5 Å². The van der Waals surface area contributed by atoms with E-state index in [2.05, 4.69) is 5.32 Å². The van der Waals surface area contributed by atoms with E-state index >= 15 is 0 Å². The van der Waals surface area contributed by atoms with Gasteiger partial charge in [0.2, 0.25) is 9.70 Å². The van der Waals surface area contributed by atoms with Gasteiger partial charge in [0.25, 0.3) is 5.91 Å². The van der Waals surface area contributed by atoms with Crippen LogP contribution in [-0.4, -0.2) is 27.7 Å². The number of rotatable bonds is 5. The van der Waals surface area contributed by atoms with E-state index in [0.717, 1.165) is 0 Å². The Kier molecular flexibility index (Phi) is 6.96. The fourth-order valence-corrected chi connectivity index (χ4v) is 2.77. The molecule has 0 spiro atoms. The van der Waals surface area contributed by atoms with Crippen LogP contribution in [0.15, 0.2) is 60.7 Å². The summed E-state index contributed by atoms with van der Waals surface area (Å²) in [4.78, 5) is 26.0. The summed E-state index contributed by atoms with van der Waals surface area (Å²) >= 11 is 23.9. The summed E-state index contributed by atoms with van der Waals surface area (Å²) in [5.74, 6) is -1.34. The van der Waals surface area contributed by atoms with Crippen molar-refractivity contribution < 1.29 is 9.59 Å². The summed E-state index contributed by atoms with van der Waals surface area (Å²) in [5.41, 5.74) is 0.811. The van der Waals surface area contributed by atoms with Crippen molar-refractivity contribution in [2.45, 2.75) is 9.96 Å². The molecule has 0 fully saturated rings. The number of hydrogen-bond acceptors (Lipinski definition) is 2. The standard InChI is InChI=1S/C17H14Cl4N2O2/c18-11-14(24)23(13-9-5-2-6-10-13)16(17(19,20)21)22-15(25)12-7-3-1-4-8-12/h1-10,16H,11H2,(H,22,25). The third-order valence-electron chi connectivity index (χ3n) is 3.29. The molecule has 2 aromatic rings. The molecule has 1 N–H and O–H groups in total. The third kappa shape index (κ3) is 5.25. The molecule has 1 atom stereocenters. The zero-order valence-electron chi connectivity index (χ0n) is 12.8. The Bertz CT molecular complexity index is 720. The van der Waals surface area contributed by atoms with Crippen molar-refractivity contribution in [3.63, 3.8) is 0 Å². The van der Waals surface area contributed by atoms with Crippen LogP contribution in [0.25, 0.3) is 0 Å². The summed E-state index contributed by atoms with van der Waals surface area (Å²) in [6, 6.07) is 16.9. The minimum absolute atomic E-state index is 0.340. The molecule has 132 valence electrons. The molecule has 0 aliphatic rings. The van der Waals surface area contributed by atoms with Crippen LogP contribution >= 0.6 is 46.4 Å². The first kappa shape index (κ1) is 19.9. The predicted octanol–water partition coefficient (Wildman–Crippen LogP) is 4.38. The van der Waals surface area contributed by atoms with E-state index < -0.39 is 21.8 Å². The molecule has 25 heavy (non-hydrogen) atoms. The second-order valence-corrected chi connectivity index (χ2v) is 7.65. The van der Waals surface area contributed by atoms with Crippen molar-refractivity contribution in [3.05, 3.63) is 66.2 Å². The normalized spacial score (nSPS) is 12.3. The number of nitrogens with one attached hydrogen (secondary N) is 1. The van der Waals surface area contributed by atoms with Gasteiger partial charge in [-0.05, 0) is 24.3 Å². The maximum atomic E-state index is 12.5. The lowest BCUT2D eigenvalue weighted by molar-refractivity contribution is -0.116. The Morgan fingerprint density at radius 2 is 1.48 bits per heavy atom. The topological polar surface area (TPSA) is 49.4 Å². The molecule has 0 radical (unpaired) electrons. The molecule has 0 saturated heterocycles. The van der Waals surface area contributed by atoms with Gasteiger partial charge in [-0.1, -0.05) is 71.2 Å². The van der Waals surface area contributed by atoms with Gasteiger partial charge in [-0.25, -0.2) is 0 Å². The van der Waals surface area contributed by atoms with Crippen LogP contribution in [-0.2, 0) is 4.79 Å². The minimum atomic E-state index is -1.98. The number of benzene rings is 2. The Morgan fingerprint density at radius 1 is 0.960 bits per heavy atom. The average Bonchev–Trinajstić information content (AvgIpc) is 2.61. The Hall–Kier alpha value is -1.46. The van der Waals surface area contributed by atoms with Crippen LogP contribution in [0.1, 0.15) is 10.4 Å². The first-order valence-corrected chi connectivity index (χ1v) is 8.87. The number of anilines is 1. The van der Waals surface area contributed by atoms with Crippen LogP contribution in [0, 0.1) is 0 Å². The number of alkyl halides is 4. The molecule has 0 heterocycles. The second kappa shape index (κ2) is 8.77. The Labute approximate surface area is 165 Å². The highest BCUT2D eigenvalue weighted by Gasteiger charge is 2.41. The number of halogens is 4. The molecule has 0 bridgehead atoms. The van der Waals surface area contributed by atoms with E-state index in [1.165, 1.54) is 4.90 Å². The highest BCUT2D eigenvalue weighted by atomic mass is 35.6. The SMILES string of the molecule is O=C(NC(N(C(=O)CCl)c1ccccc1)C(Cl)(Cl)Cl)c1ccccc1. The molecular weight excluding hydrogens is 406 g/mol. The zero-order chi connectivity index (χ0) is 18.4. The maximum absolute atomic E-state index is 12.5. The van der Waals surface area contributed by atoms with Gasteiger partial charge in [-0.2, -0.15) is 0 Å². The molecule has 1 unspecified atom stereocenters. The van der Waals surface area contributed by atoms with Crippen LogP contribution in [0.2, 0.25) is 0 Å². The third-order valence-corrected chi connectivity index (χ3v) is 4.14. The zero-order valence-corrected chi connectivity index (χ0v) is 15.9. The van der Waals surface area contributed by atoms with Gasteiger partial charge in [-0.15, -0.1) is 11.6 Å². The van der Waals surface area contributed by atoms with Crippen LogP contribution < -0.4 is 10.2 Å². The number of nitrogens with zero attached hydrogens (tertiary/aromatic N) is 1. The highest BCUT2D eigenvalue weighted by molar-refractivity contribution is 6.68. The predicted molar refractivity (Wildman–Crippen MR) is 103 cm³/mol. The minimum Gasteiger partial charge on any atom is -0.328 e. The fraction of sp³-hybridized carbons (Fsp3) is 0.176. The highest BCUT2D eigenvalue weighted by Crippen LogP contribution is 2.35. The molecule has 0 aliphatic heterocycles. The number of amides is 2. The van der Waals surface area contributed by atoms with Crippen molar-refractivity contribution in [2.75, 3.05) is 10.8 Å². The monoisotopic (exact) mass is 418 g/mol. The summed E-state index contributed by atoms with van der Waals surface area (Å²) in [5, 5.41) is 2.60. The lowest BCUT2D eigenvalue weighted by atomic mass is 10.2. The van der Waals surface area contributed by atoms with Crippen molar-refractivity contribution >= 4 is 63.9 Å². The number of para-hydroxylation sites is 1. The number of hydrogen-bond donors (Lipinski definition) is 1. The van der Waals surface area contributed by atoms with E-state index in [1.54, 1.807) is 60.7 Å². The van der Waals surface area contributed by atoms with Gasteiger partial charge >= 0.3 is 0 Å². The van der Waals surface area contributed by atoms with E-state index in [0.29, 0.717) is 11.3 Å². The average molecular weight is 420 g/mol. The Balaban J connectivity index is 2.40. The first-order chi connectivity index (χ1) is 11.8. The largest absolute Gasteiger partial charge is 0.328 e. The van der Waals surface area contributed by atoms with E-state index in [-0.39, 0.29) is 5.88 Å². The molecule has 2 aromatic carbocycles. The van der Waals surface area contributed by atoms with Gasteiger partial charge in [0.1, 0.15) is 5.88 Å². The molecule has 0 aromatic heterocycles. The summed E-state index contributed by atoms with van der Waals surface area (Å²) in [7, 11) is 0. The van der Waals surface area contributed by atoms with Crippen molar-refractivity contribution in [1.29, 1.82) is 0 Å². The fourth-order valence-electron chi connectivity index (χ4n) is 2.18. The Morgan fingerprint density at radius 3 is 1.96 bits per heavy atom. The lowest BCUT2D eigenvalue weighted by Crippen LogP contribution is -2.58. The van der Waals surface area contributed by atoms with Gasteiger partial charge in [0.15, 0.2) is 6.17 Å². The summed E-state index contributed by atoms with van der Waals surface area (Å²) in [6.45, 7) is 0. The van der Waals surface area contributed by atoms with E-state index in [1.807, 2.05) is 0 Å². The van der Waals surface area contributed by atoms with Crippen LogP contribution in [0.4, 0.5) is 5.69 Å². The van der Waals surface area contributed by atoms with Gasteiger partial charge in [0, 0.05) is 11.3 Å². The molecule has 0 saturated carbocycles. The van der Waals surface area contributed by atoms with Gasteiger partial charge in [0.05, 0.1) is 0 Å². The second-order valence-electron chi connectivity index (χ2n) is 5.02. The molecule has 2 amide bonds. The number of carbonyl (C=O) groups is 2.